The Morgan fingerprint density at radius 3 is 2.35 bits per heavy atom. The summed E-state index contributed by atoms with van der Waals surface area (Å²) in [7, 11) is 0. The van der Waals surface area contributed by atoms with Gasteiger partial charge < -0.3 is 18.9 Å². The minimum absolute atomic E-state index is 0.103. The molecule has 26 heavy (non-hydrogen) atoms. The van der Waals surface area contributed by atoms with E-state index >= 15 is 0 Å². The molecule has 144 valence electrons. The van der Waals surface area contributed by atoms with E-state index in [1.807, 2.05) is 26.8 Å². The summed E-state index contributed by atoms with van der Waals surface area (Å²) >= 11 is 0. The van der Waals surface area contributed by atoms with Crippen molar-refractivity contribution >= 4 is 11.9 Å². The number of benzene rings is 1. The second-order valence-electron chi connectivity index (χ2n) is 7.87. The van der Waals surface area contributed by atoms with Crippen LogP contribution < -0.4 is 0 Å². The van der Waals surface area contributed by atoms with E-state index in [4.69, 9.17) is 18.9 Å². The van der Waals surface area contributed by atoms with Gasteiger partial charge >= 0.3 is 11.9 Å². The van der Waals surface area contributed by atoms with Crippen molar-refractivity contribution in [1.29, 1.82) is 0 Å². The summed E-state index contributed by atoms with van der Waals surface area (Å²) in [4.78, 5) is 24.1. The fourth-order valence-corrected chi connectivity index (χ4v) is 2.84. The zero-order chi connectivity index (χ0) is 19.4. The zero-order valence-electron chi connectivity index (χ0n) is 16.1. The van der Waals surface area contributed by atoms with Crippen molar-refractivity contribution in [3.05, 3.63) is 35.9 Å². The standard InChI is InChI=1S/C20H28O6/c1-19(2,3)26-17(21)12-15-11-16(25-20(4,5)24-15)13-23-18(22)14-9-7-6-8-10-14/h6-10,15-16H,11-13H2,1-5H3/t15-,16-/m0/s1. The number of hydrogen-bond acceptors (Lipinski definition) is 6. The third-order valence-electron chi connectivity index (χ3n) is 3.65. The molecule has 1 aromatic rings. The summed E-state index contributed by atoms with van der Waals surface area (Å²) in [5, 5.41) is 0. The van der Waals surface area contributed by atoms with E-state index in [0.29, 0.717) is 12.0 Å². The molecule has 1 saturated heterocycles. The van der Waals surface area contributed by atoms with Crippen molar-refractivity contribution in [2.24, 2.45) is 0 Å². The van der Waals surface area contributed by atoms with Gasteiger partial charge in [-0.15, -0.1) is 0 Å². The zero-order valence-corrected chi connectivity index (χ0v) is 16.1. The first-order valence-electron chi connectivity index (χ1n) is 8.84. The maximum absolute atomic E-state index is 12.1. The minimum Gasteiger partial charge on any atom is -0.460 e. The number of carbonyl (C=O) groups excluding carboxylic acids is 2. The second-order valence-corrected chi connectivity index (χ2v) is 7.87. The molecule has 1 aliphatic heterocycles. The van der Waals surface area contributed by atoms with Gasteiger partial charge in [-0.2, -0.15) is 0 Å². The van der Waals surface area contributed by atoms with Gasteiger partial charge in [0.2, 0.25) is 0 Å². The third kappa shape index (κ3) is 6.77. The summed E-state index contributed by atoms with van der Waals surface area (Å²) in [6.07, 6.45) is -0.120. The predicted molar refractivity (Wildman–Crippen MR) is 95.6 cm³/mol. The van der Waals surface area contributed by atoms with Crippen LogP contribution in [0.25, 0.3) is 0 Å². The van der Waals surface area contributed by atoms with Crippen LogP contribution in [-0.2, 0) is 23.7 Å². The van der Waals surface area contributed by atoms with Crippen molar-refractivity contribution in [1.82, 2.24) is 0 Å². The van der Waals surface area contributed by atoms with Gasteiger partial charge in [0.1, 0.15) is 12.2 Å². The van der Waals surface area contributed by atoms with Gasteiger partial charge in [-0.25, -0.2) is 4.79 Å². The molecule has 2 rings (SSSR count). The predicted octanol–water partition coefficient (Wildman–Crippen LogP) is 3.49. The van der Waals surface area contributed by atoms with Crippen LogP contribution in [0, 0.1) is 0 Å². The first-order chi connectivity index (χ1) is 12.0. The van der Waals surface area contributed by atoms with E-state index in [-0.39, 0.29) is 31.2 Å². The SMILES string of the molecule is CC(C)(C)OC(=O)C[C@@H]1C[C@@H](COC(=O)c2ccccc2)OC(C)(C)O1. The van der Waals surface area contributed by atoms with Crippen molar-refractivity contribution in [2.45, 2.75) is 71.1 Å². The molecule has 1 aromatic carbocycles. The molecule has 1 aliphatic rings. The van der Waals surface area contributed by atoms with Gasteiger partial charge in [-0.05, 0) is 46.8 Å². The molecule has 0 aromatic heterocycles. The van der Waals surface area contributed by atoms with Gasteiger partial charge in [-0.3, -0.25) is 4.79 Å². The molecule has 0 unspecified atom stereocenters. The van der Waals surface area contributed by atoms with Gasteiger partial charge in [0, 0.05) is 6.42 Å². The van der Waals surface area contributed by atoms with Gasteiger partial charge in [-0.1, -0.05) is 18.2 Å². The first kappa shape index (κ1) is 20.4. The summed E-state index contributed by atoms with van der Waals surface area (Å²) in [6, 6.07) is 8.79. The van der Waals surface area contributed by atoms with Crippen molar-refractivity contribution in [2.75, 3.05) is 6.61 Å². The topological polar surface area (TPSA) is 71.1 Å². The molecule has 0 N–H and O–H groups in total. The second kappa shape index (κ2) is 8.18. The van der Waals surface area contributed by atoms with Crippen LogP contribution in [0.5, 0.6) is 0 Å². The molecule has 1 fully saturated rings. The number of carbonyl (C=O) groups is 2. The van der Waals surface area contributed by atoms with Crippen LogP contribution >= 0.6 is 0 Å². The third-order valence-corrected chi connectivity index (χ3v) is 3.65. The molecule has 1 heterocycles. The highest BCUT2D eigenvalue weighted by Gasteiger charge is 2.37. The Hall–Kier alpha value is -1.92. The maximum Gasteiger partial charge on any atom is 0.338 e. The maximum atomic E-state index is 12.1. The van der Waals surface area contributed by atoms with E-state index in [1.165, 1.54) is 0 Å². The normalized spacial score (nSPS) is 22.5. The monoisotopic (exact) mass is 364 g/mol. The van der Waals surface area contributed by atoms with Crippen LogP contribution in [0.2, 0.25) is 0 Å². The number of rotatable bonds is 5. The summed E-state index contributed by atoms with van der Waals surface area (Å²) in [6.45, 7) is 9.13. The lowest BCUT2D eigenvalue weighted by atomic mass is 10.1. The van der Waals surface area contributed by atoms with Crippen molar-refractivity contribution < 1.29 is 28.5 Å². The lowest BCUT2D eigenvalue weighted by Crippen LogP contribution is -2.47. The average Bonchev–Trinajstić information content (AvgIpc) is 2.50. The molecular weight excluding hydrogens is 336 g/mol. The van der Waals surface area contributed by atoms with Crippen molar-refractivity contribution in [3.63, 3.8) is 0 Å². The van der Waals surface area contributed by atoms with E-state index in [1.54, 1.807) is 38.1 Å². The highest BCUT2D eigenvalue weighted by Crippen LogP contribution is 2.29. The quantitative estimate of drug-likeness (QED) is 0.745. The number of ether oxygens (including phenoxy) is 4. The summed E-state index contributed by atoms with van der Waals surface area (Å²) in [5.41, 5.74) is -0.0494. The van der Waals surface area contributed by atoms with Crippen LogP contribution in [-0.4, -0.2) is 42.1 Å². The Morgan fingerprint density at radius 2 is 1.73 bits per heavy atom. The first-order valence-corrected chi connectivity index (χ1v) is 8.84. The van der Waals surface area contributed by atoms with Crippen LogP contribution in [0.15, 0.2) is 30.3 Å². The Balaban J connectivity index is 1.90. The molecule has 0 saturated carbocycles. The van der Waals surface area contributed by atoms with Gasteiger partial charge in [0.15, 0.2) is 5.79 Å². The molecule has 6 nitrogen and oxygen atoms in total. The molecule has 0 aliphatic carbocycles. The molecular formula is C20H28O6. The molecule has 0 amide bonds. The Labute approximate surface area is 154 Å². The van der Waals surface area contributed by atoms with Crippen LogP contribution in [0.3, 0.4) is 0 Å². The highest BCUT2D eigenvalue weighted by atomic mass is 16.7. The lowest BCUT2D eigenvalue weighted by Gasteiger charge is -2.40. The fraction of sp³-hybridized carbons (Fsp3) is 0.600. The van der Waals surface area contributed by atoms with E-state index in [0.717, 1.165) is 0 Å². The van der Waals surface area contributed by atoms with Gasteiger partial charge in [0.05, 0.1) is 24.2 Å². The van der Waals surface area contributed by atoms with Crippen LogP contribution in [0.1, 0.15) is 57.8 Å². The largest absolute Gasteiger partial charge is 0.460 e. The Bertz CT molecular complexity index is 617. The Morgan fingerprint density at radius 1 is 1.12 bits per heavy atom. The summed E-state index contributed by atoms with van der Waals surface area (Å²) < 4.78 is 22.4. The fourth-order valence-electron chi connectivity index (χ4n) is 2.84. The Kier molecular flexibility index (Phi) is 6.42. The summed E-state index contributed by atoms with van der Waals surface area (Å²) in [5.74, 6) is -1.59. The van der Waals surface area contributed by atoms with E-state index in [9.17, 15) is 9.59 Å². The molecule has 0 bridgehead atoms. The van der Waals surface area contributed by atoms with Crippen molar-refractivity contribution in [3.8, 4) is 0 Å². The molecule has 2 atom stereocenters. The van der Waals surface area contributed by atoms with E-state index in [2.05, 4.69) is 0 Å². The highest BCUT2D eigenvalue weighted by molar-refractivity contribution is 5.89. The molecule has 0 spiro atoms. The molecule has 0 radical (unpaired) electrons. The van der Waals surface area contributed by atoms with Gasteiger partial charge in [0.25, 0.3) is 0 Å². The van der Waals surface area contributed by atoms with E-state index < -0.39 is 17.4 Å². The smallest absolute Gasteiger partial charge is 0.338 e. The minimum atomic E-state index is -0.866. The molecule has 6 heteroatoms. The van der Waals surface area contributed by atoms with Crippen LogP contribution in [0.4, 0.5) is 0 Å². The number of hydrogen-bond donors (Lipinski definition) is 0. The average molecular weight is 364 g/mol. The number of esters is 2. The lowest BCUT2D eigenvalue weighted by molar-refractivity contribution is -0.304.